The van der Waals surface area contributed by atoms with Gasteiger partial charge in [-0.15, -0.1) is 0 Å². The second-order valence-electron chi connectivity index (χ2n) is 4.65. The molecule has 0 saturated carbocycles. The molecule has 0 atom stereocenters. The van der Waals surface area contributed by atoms with Gasteiger partial charge in [-0.05, 0) is 24.1 Å². The quantitative estimate of drug-likeness (QED) is 0.724. The van der Waals surface area contributed by atoms with E-state index in [0.717, 1.165) is 23.9 Å². The Bertz CT molecular complexity index is 764. The maximum Gasteiger partial charge on any atom is 0.357 e. The van der Waals surface area contributed by atoms with Crippen LogP contribution in [0.5, 0.6) is 0 Å². The third-order valence-corrected chi connectivity index (χ3v) is 3.07. The summed E-state index contributed by atoms with van der Waals surface area (Å²) in [6.07, 6.45) is 5.58. The molecule has 0 aliphatic heterocycles. The summed E-state index contributed by atoms with van der Waals surface area (Å²) < 4.78 is 6.82. The van der Waals surface area contributed by atoms with Crippen LogP contribution in [0.4, 0.5) is 6.01 Å². The number of oxazole rings is 1. The van der Waals surface area contributed by atoms with Gasteiger partial charge in [0.25, 0.3) is 6.01 Å². The fourth-order valence-corrected chi connectivity index (χ4v) is 1.98. The van der Waals surface area contributed by atoms with Crippen LogP contribution in [0.25, 0.3) is 5.69 Å². The number of rotatable bonds is 6. The van der Waals surface area contributed by atoms with E-state index in [1.807, 2.05) is 41.2 Å². The van der Waals surface area contributed by atoms with Crippen LogP contribution in [0.1, 0.15) is 16.1 Å². The Kier molecular flexibility index (Phi) is 3.86. The van der Waals surface area contributed by atoms with Gasteiger partial charge in [0.15, 0.2) is 5.69 Å². The Morgan fingerprint density at radius 2 is 2.14 bits per heavy atom. The van der Waals surface area contributed by atoms with Crippen LogP contribution in [0.3, 0.4) is 0 Å². The van der Waals surface area contributed by atoms with Crippen LogP contribution >= 0.6 is 0 Å². The summed E-state index contributed by atoms with van der Waals surface area (Å²) in [4.78, 5) is 14.5. The van der Waals surface area contributed by atoms with Gasteiger partial charge in [-0.1, -0.05) is 18.2 Å². The van der Waals surface area contributed by atoms with Crippen molar-refractivity contribution >= 4 is 12.0 Å². The average Bonchev–Trinajstić information content (AvgIpc) is 3.18. The normalized spacial score (nSPS) is 10.5. The average molecular weight is 298 g/mol. The lowest BCUT2D eigenvalue weighted by Crippen LogP contribution is -2.05. The Morgan fingerprint density at radius 3 is 2.86 bits per heavy atom. The minimum absolute atomic E-state index is 0.112. The summed E-state index contributed by atoms with van der Waals surface area (Å²) in [6, 6.07) is 10.0. The van der Waals surface area contributed by atoms with Gasteiger partial charge >= 0.3 is 5.97 Å². The highest BCUT2D eigenvalue weighted by atomic mass is 16.4. The number of nitrogens with one attached hydrogen (secondary N) is 1. The minimum atomic E-state index is -1.11. The maximum absolute atomic E-state index is 10.7. The molecule has 3 rings (SSSR count). The zero-order valence-electron chi connectivity index (χ0n) is 11.6. The summed E-state index contributed by atoms with van der Waals surface area (Å²) in [6.45, 7) is 0.569. The number of carbonyl (C=O) groups is 1. The molecule has 0 aliphatic rings. The molecule has 2 heterocycles. The first-order chi connectivity index (χ1) is 10.7. The molecular weight excluding hydrogens is 284 g/mol. The first kappa shape index (κ1) is 13.9. The molecule has 0 saturated heterocycles. The zero-order valence-corrected chi connectivity index (χ0v) is 11.6. The first-order valence-electron chi connectivity index (χ1n) is 6.74. The summed E-state index contributed by atoms with van der Waals surface area (Å²) in [7, 11) is 0. The van der Waals surface area contributed by atoms with E-state index in [9.17, 15) is 4.79 Å². The lowest BCUT2D eigenvalue weighted by atomic mass is 10.2. The third-order valence-electron chi connectivity index (χ3n) is 3.07. The number of anilines is 1. The van der Waals surface area contributed by atoms with Crippen LogP contribution in [0.15, 0.2) is 53.4 Å². The fraction of sp³-hybridized carbons (Fsp3) is 0.133. The van der Waals surface area contributed by atoms with E-state index in [-0.39, 0.29) is 11.7 Å². The van der Waals surface area contributed by atoms with Crippen molar-refractivity contribution < 1.29 is 14.3 Å². The molecule has 0 aliphatic carbocycles. The van der Waals surface area contributed by atoms with Gasteiger partial charge in [0.2, 0.25) is 0 Å². The molecule has 2 aromatic heterocycles. The number of aromatic carboxylic acids is 1. The Labute approximate surface area is 126 Å². The van der Waals surface area contributed by atoms with Crippen LogP contribution in [-0.2, 0) is 6.42 Å². The topological polar surface area (TPSA) is 93.2 Å². The van der Waals surface area contributed by atoms with Crippen molar-refractivity contribution in [1.82, 2.24) is 14.8 Å². The molecule has 22 heavy (non-hydrogen) atoms. The van der Waals surface area contributed by atoms with Gasteiger partial charge in [-0.25, -0.2) is 9.48 Å². The second kappa shape index (κ2) is 6.13. The van der Waals surface area contributed by atoms with E-state index in [1.54, 1.807) is 6.20 Å². The van der Waals surface area contributed by atoms with Crippen LogP contribution in [0, 0.1) is 0 Å². The number of nitrogens with zero attached hydrogens (tertiary/aromatic N) is 3. The highest BCUT2D eigenvalue weighted by molar-refractivity contribution is 5.85. The van der Waals surface area contributed by atoms with Crippen molar-refractivity contribution in [2.24, 2.45) is 0 Å². The van der Waals surface area contributed by atoms with Crippen molar-refractivity contribution in [3.05, 3.63) is 60.2 Å². The Morgan fingerprint density at radius 1 is 1.32 bits per heavy atom. The van der Waals surface area contributed by atoms with E-state index in [1.165, 1.54) is 0 Å². The first-order valence-corrected chi connectivity index (χ1v) is 6.74. The summed E-state index contributed by atoms with van der Waals surface area (Å²) in [5.41, 5.74) is 1.95. The van der Waals surface area contributed by atoms with Crippen LogP contribution < -0.4 is 5.32 Å². The largest absolute Gasteiger partial charge is 0.476 e. The number of aromatic nitrogens is 3. The molecule has 0 unspecified atom stereocenters. The molecule has 3 aromatic rings. The molecular formula is C15H14N4O3. The van der Waals surface area contributed by atoms with Crippen molar-refractivity contribution in [1.29, 1.82) is 0 Å². The number of carboxylic acids is 1. The predicted octanol–water partition coefficient (Wildman–Crippen LogP) is 2.21. The standard InChI is InChI=1S/C15H14N4O3/c20-14(21)13-10-22-15(18-13)16-7-6-11-8-17-19(9-11)12-4-2-1-3-5-12/h1-5,8-10H,6-7H2,(H,16,18)(H,20,21). The number of benzene rings is 1. The zero-order chi connectivity index (χ0) is 15.4. The van der Waals surface area contributed by atoms with Crippen LogP contribution in [0.2, 0.25) is 0 Å². The van der Waals surface area contributed by atoms with E-state index >= 15 is 0 Å². The van der Waals surface area contributed by atoms with Gasteiger partial charge in [-0.2, -0.15) is 10.1 Å². The van der Waals surface area contributed by atoms with Crippen LogP contribution in [-0.4, -0.2) is 32.4 Å². The SMILES string of the molecule is O=C(O)c1coc(NCCc2cnn(-c3ccccc3)c2)n1. The molecule has 7 heteroatoms. The predicted molar refractivity (Wildman–Crippen MR) is 79.2 cm³/mol. The van der Waals surface area contributed by atoms with Crippen molar-refractivity contribution in [2.75, 3.05) is 11.9 Å². The van der Waals surface area contributed by atoms with Gasteiger partial charge in [0, 0.05) is 12.7 Å². The van der Waals surface area contributed by atoms with Gasteiger partial charge in [-0.3, -0.25) is 0 Å². The minimum Gasteiger partial charge on any atom is -0.476 e. The molecule has 0 fully saturated rings. The van der Waals surface area contributed by atoms with E-state index in [0.29, 0.717) is 6.54 Å². The lowest BCUT2D eigenvalue weighted by Gasteiger charge is -2.00. The third kappa shape index (κ3) is 3.14. The van der Waals surface area contributed by atoms with E-state index in [4.69, 9.17) is 9.52 Å². The lowest BCUT2D eigenvalue weighted by molar-refractivity contribution is 0.0690. The molecule has 0 spiro atoms. The van der Waals surface area contributed by atoms with Gasteiger partial charge in [0.05, 0.1) is 11.9 Å². The molecule has 2 N–H and O–H groups in total. The van der Waals surface area contributed by atoms with Crippen molar-refractivity contribution in [2.45, 2.75) is 6.42 Å². The smallest absolute Gasteiger partial charge is 0.357 e. The number of carboxylic acid groups (broad SMARTS) is 1. The highest BCUT2D eigenvalue weighted by Crippen LogP contribution is 2.10. The Balaban J connectivity index is 1.56. The second-order valence-corrected chi connectivity index (χ2v) is 4.65. The highest BCUT2D eigenvalue weighted by Gasteiger charge is 2.09. The van der Waals surface area contributed by atoms with E-state index < -0.39 is 5.97 Å². The van der Waals surface area contributed by atoms with Gasteiger partial charge in [0.1, 0.15) is 6.26 Å². The van der Waals surface area contributed by atoms with Gasteiger partial charge < -0.3 is 14.8 Å². The summed E-state index contributed by atoms with van der Waals surface area (Å²) in [5, 5.41) is 16.0. The Hall–Kier alpha value is -3.09. The maximum atomic E-state index is 10.7. The molecule has 7 nitrogen and oxygen atoms in total. The van der Waals surface area contributed by atoms with Crippen molar-refractivity contribution in [3.8, 4) is 5.69 Å². The number of hydrogen-bond acceptors (Lipinski definition) is 5. The monoisotopic (exact) mass is 298 g/mol. The fourth-order valence-electron chi connectivity index (χ4n) is 1.98. The summed E-state index contributed by atoms with van der Waals surface area (Å²) in [5.74, 6) is -1.11. The van der Waals surface area contributed by atoms with E-state index in [2.05, 4.69) is 15.4 Å². The number of para-hydroxylation sites is 1. The molecule has 1 aromatic carbocycles. The molecule has 0 bridgehead atoms. The summed E-state index contributed by atoms with van der Waals surface area (Å²) >= 11 is 0. The molecule has 112 valence electrons. The van der Waals surface area contributed by atoms with Crippen molar-refractivity contribution in [3.63, 3.8) is 0 Å². The molecule has 0 radical (unpaired) electrons. The molecule has 0 amide bonds. The number of hydrogen-bond donors (Lipinski definition) is 2.